The van der Waals surface area contributed by atoms with E-state index in [0.29, 0.717) is 6.42 Å². The first-order valence-electron chi connectivity index (χ1n) is 5.43. The molecule has 4 heteroatoms. The average Bonchev–Trinajstić information content (AvgIpc) is 2.09. The summed E-state index contributed by atoms with van der Waals surface area (Å²) in [5.74, 6) is 0. The first-order valence-corrected chi connectivity index (χ1v) is 6.90. The van der Waals surface area contributed by atoms with Crippen LogP contribution < -0.4 is 0 Å². The van der Waals surface area contributed by atoms with E-state index in [1.165, 1.54) is 26.2 Å². The maximum atomic E-state index is 10.5. The topological polar surface area (TPSA) is 54.0 Å². The zero-order chi connectivity index (χ0) is 11.0. The Hall–Kier alpha value is -0.0900. The summed E-state index contributed by atoms with van der Waals surface area (Å²) in [6, 6.07) is 0. The second-order valence-corrected chi connectivity index (χ2v) is 5.65. The molecule has 3 nitrogen and oxygen atoms in total. The molecule has 0 aromatic carbocycles. The van der Waals surface area contributed by atoms with E-state index in [1.54, 1.807) is 0 Å². The van der Waals surface area contributed by atoms with Gasteiger partial charge in [0.1, 0.15) is 0 Å². The van der Waals surface area contributed by atoms with Crippen molar-refractivity contribution in [2.75, 3.05) is 0 Å². The van der Waals surface area contributed by atoms with Crippen molar-refractivity contribution in [3.63, 3.8) is 0 Å². The molecular weight excluding hydrogens is 200 g/mol. The Morgan fingerprint density at radius 2 is 1.50 bits per heavy atom. The maximum absolute atomic E-state index is 10.5. The van der Waals surface area contributed by atoms with E-state index in [1.807, 2.05) is 0 Å². The molecule has 0 amide bonds. The van der Waals surface area contributed by atoms with Crippen molar-refractivity contribution in [1.29, 1.82) is 0 Å². The lowest BCUT2D eigenvalue weighted by molar-refractivity contribution is 0.399. The molecule has 1 atom stereocenters. The molecule has 1 radical (unpaired) electrons. The molecule has 0 aromatic rings. The summed E-state index contributed by atoms with van der Waals surface area (Å²) in [6.07, 6.45) is 7.24. The predicted molar refractivity (Wildman–Crippen MR) is 57.1 cm³/mol. The van der Waals surface area contributed by atoms with E-state index in [2.05, 4.69) is 6.92 Å². The van der Waals surface area contributed by atoms with Gasteiger partial charge in [0.2, 0.25) is 0 Å². The van der Waals surface area contributed by atoms with Gasteiger partial charge < -0.3 is 0 Å². The van der Waals surface area contributed by atoms with Crippen molar-refractivity contribution in [3.05, 3.63) is 0 Å². The van der Waals surface area contributed by atoms with Crippen LogP contribution in [0.1, 0.15) is 58.8 Å². The van der Waals surface area contributed by atoms with Gasteiger partial charge in [-0.05, 0) is 13.3 Å². The monoisotopic (exact) mass is 221 g/mol. The van der Waals surface area contributed by atoms with Crippen molar-refractivity contribution in [3.8, 4) is 0 Å². The molecule has 0 aliphatic heterocycles. The molecule has 0 aliphatic rings. The molecule has 0 fully saturated rings. The van der Waals surface area contributed by atoms with Gasteiger partial charge in [-0.15, -0.1) is 0 Å². The highest BCUT2D eigenvalue weighted by Gasteiger charge is 2.17. The number of hydrogen-bond donors (Lipinski definition) is 0. The SMILES string of the molecule is CCCCCCCCC(C)S([O])(=O)=O. The summed E-state index contributed by atoms with van der Waals surface area (Å²) in [4.78, 5) is 0. The second kappa shape index (κ2) is 7.23. The van der Waals surface area contributed by atoms with Gasteiger partial charge in [0.25, 0.3) is 10.1 Å². The van der Waals surface area contributed by atoms with Crippen LogP contribution in [0.2, 0.25) is 0 Å². The summed E-state index contributed by atoms with van der Waals surface area (Å²) >= 11 is 0. The lowest BCUT2D eigenvalue weighted by Gasteiger charge is -2.05. The van der Waals surface area contributed by atoms with E-state index in [9.17, 15) is 13.0 Å². The van der Waals surface area contributed by atoms with E-state index in [-0.39, 0.29) is 0 Å². The van der Waals surface area contributed by atoms with Crippen LogP contribution in [0, 0.1) is 0 Å². The fourth-order valence-electron chi connectivity index (χ4n) is 1.36. The van der Waals surface area contributed by atoms with Crippen molar-refractivity contribution in [2.45, 2.75) is 64.0 Å². The zero-order valence-electron chi connectivity index (χ0n) is 9.16. The van der Waals surface area contributed by atoms with Crippen LogP contribution in [0.3, 0.4) is 0 Å². The van der Waals surface area contributed by atoms with Crippen molar-refractivity contribution < 1.29 is 13.0 Å². The molecule has 14 heavy (non-hydrogen) atoms. The molecule has 0 saturated carbocycles. The summed E-state index contributed by atoms with van der Waals surface area (Å²) in [6.45, 7) is 3.65. The fraction of sp³-hybridized carbons (Fsp3) is 1.00. The minimum Gasteiger partial charge on any atom is -0.197 e. The van der Waals surface area contributed by atoms with Crippen LogP contribution in [0.5, 0.6) is 0 Å². The maximum Gasteiger partial charge on any atom is 0.297 e. The van der Waals surface area contributed by atoms with Crippen molar-refractivity contribution in [1.82, 2.24) is 0 Å². The van der Waals surface area contributed by atoms with Gasteiger partial charge in [0, 0.05) is 0 Å². The quantitative estimate of drug-likeness (QED) is 0.592. The molecule has 0 aromatic heterocycles. The summed E-state index contributed by atoms with van der Waals surface area (Å²) in [5.41, 5.74) is 0. The third kappa shape index (κ3) is 7.33. The molecule has 0 heterocycles. The minimum atomic E-state index is -4.05. The summed E-state index contributed by atoms with van der Waals surface area (Å²) in [7, 11) is -4.05. The standard InChI is InChI=1S/C10H21O3S/c1-3-4-5-6-7-8-9-10(2)14(11,12)13/h10H,3-9H2,1-2H3. The third-order valence-corrected chi connectivity index (χ3v) is 3.68. The van der Waals surface area contributed by atoms with Crippen LogP contribution in [0.25, 0.3) is 0 Å². The Morgan fingerprint density at radius 1 is 1.00 bits per heavy atom. The smallest absolute Gasteiger partial charge is 0.197 e. The Kier molecular flexibility index (Phi) is 7.19. The van der Waals surface area contributed by atoms with Gasteiger partial charge in [0.15, 0.2) is 0 Å². The highest BCUT2D eigenvalue weighted by molar-refractivity contribution is 7.86. The van der Waals surface area contributed by atoms with Crippen LogP contribution in [0.15, 0.2) is 0 Å². The number of unbranched alkanes of at least 4 members (excludes halogenated alkanes) is 5. The highest BCUT2D eigenvalue weighted by Crippen LogP contribution is 2.12. The van der Waals surface area contributed by atoms with Crippen LogP contribution in [-0.4, -0.2) is 13.7 Å². The summed E-state index contributed by atoms with van der Waals surface area (Å²) < 4.78 is 31.6. The average molecular weight is 221 g/mol. The molecule has 0 bridgehead atoms. The van der Waals surface area contributed by atoms with Crippen molar-refractivity contribution in [2.24, 2.45) is 0 Å². The Morgan fingerprint density at radius 3 is 2.00 bits per heavy atom. The Bertz CT molecular complexity index is 222. The Labute approximate surface area is 87.7 Å². The van der Waals surface area contributed by atoms with Gasteiger partial charge in [-0.25, -0.2) is 0 Å². The van der Waals surface area contributed by atoms with Crippen LogP contribution in [-0.2, 0) is 14.7 Å². The molecular formula is C10H21O3S. The van der Waals surface area contributed by atoms with Gasteiger partial charge in [-0.3, -0.25) is 0 Å². The van der Waals surface area contributed by atoms with Crippen molar-refractivity contribution >= 4 is 10.1 Å². The van der Waals surface area contributed by atoms with E-state index < -0.39 is 15.4 Å². The molecule has 85 valence electrons. The largest absolute Gasteiger partial charge is 0.297 e. The molecule has 0 spiro atoms. The van der Waals surface area contributed by atoms with Crippen LogP contribution >= 0.6 is 0 Å². The van der Waals surface area contributed by atoms with Gasteiger partial charge in [-0.2, -0.15) is 8.42 Å². The Balaban J connectivity index is 3.37. The lowest BCUT2D eigenvalue weighted by Crippen LogP contribution is -2.14. The van der Waals surface area contributed by atoms with Gasteiger partial charge in [-0.1, -0.05) is 50.0 Å². The fourth-order valence-corrected chi connectivity index (χ4v) is 1.81. The van der Waals surface area contributed by atoms with Crippen LogP contribution in [0.4, 0.5) is 0 Å². The normalized spacial score (nSPS) is 14.2. The predicted octanol–water partition coefficient (Wildman–Crippen LogP) is 2.89. The molecule has 0 N–H and O–H groups in total. The molecule has 0 rings (SSSR count). The number of rotatable bonds is 8. The lowest BCUT2D eigenvalue weighted by atomic mass is 10.1. The first-order chi connectivity index (χ1) is 6.48. The third-order valence-electron chi connectivity index (χ3n) is 2.46. The molecule has 1 unspecified atom stereocenters. The molecule has 0 saturated heterocycles. The first kappa shape index (κ1) is 13.9. The second-order valence-electron chi connectivity index (χ2n) is 3.86. The van der Waals surface area contributed by atoms with Gasteiger partial charge >= 0.3 is 0 Å². The number of hydrogen-bond acceptors (Lipinski definition) is 2. The van der Waals surface area contributed by atoms with E-state index >= 15 is 0 Å². The summed E-state index contributed by atoms with van der Waals surface area (Å²) in [5, 5.41) is -0.714. The molecule has 0 aliphatic carbocycles. The zero-order valence-corrected chi connectivity index (χ0v) is 9.98. The van der Waals surface area contributed by atoms with Gasteiger partial charge in [0.05, 0.1) is 5.25 Å². The van der Waals surface area contributed by atoms with E-state index in [0.717, 1.165) is 19.3 Å². The highest BCUT2D eigenvalue weighted by atomic mass is 32.2. The minimum absolute atomic E-state index is 0.512. The van der Waals surface area contributed by atoms with E-state index in [4.69, 9.17) is 0 Å².